The molecule has 4 aliphatic heterocycles. The summed E-state index contributed by atoms with van der Waals surface area (Å²) < 4.78 is 1.80. The molecule has 0 aliphatic carbocycles. The van der Waals surface area contributed by atoms with Gasteiger partial charge >= 0.3 is 0 Å². The molecule has 0 radical (unpaired) electrons. The summed E-state index contributed by atoms with van der Waals surface area (Å²) in [5.74, 6) is -0.299. The number of nitrogens with one attached hydrogen (secondary N) is 2. The quantitative estimate of drug-likeness (QED) is 0.371. The van der Waals surface area contributed by atoms with Crippen LogP contribution in [0.5, 0.6) is 0 Å². The minimum Gasteiger partial charge on any atom is -0.379 e. The van der Waals surface area contributed by atoms with Gasteiger partial charge in [0.25, 0.3) is 11.5 Å². The van der Waals surface area contributed by atoms with Gasteiger partial charge in [0.05, 0.1) is 17.8 Å². The second-order valence-electron chi connectivity index (χ2n) is 14.2. The Hall–Kier alpha value is -4.03. The lowest BCUT2D eigenvalue weighted by Gasteiger charge is -2.37. The molecule has 1 spiro atoms. The molecule has 4 fully saturated rings. The summed E-state index contributed by atoms with van der Waals surface area (Å²) in [7, 11) is 3.75. The summed E-state index contributed by atoms with van der Waals surface area (Å²) in [5.41, 5.74) is 4.62. The molecule has 4 atom stereocenters. The number of hydrogen-bond acceptors (Lipinski definition) is 8. The number of nitrogens with zero attached hydrogens (tertiary/aromatic N) is 5. The Kier molecular flexibility index (Phi) is 8.88. The van der Waals surface area contributed by atoms with E-state index in [1.807, 2.05) is 29.2 Å². The first-order chi connectivity index (χ1) is 23.1. The van der Waals surface area contributed by atoms with Gasteiger partial charge in [0.1, 0.15) is 4.47 Å². The van der Waals surface area contributed by atoms with Crippen molar-refractivity contribution < 1.29 is 14.4 Å². The van der Waals surface area contributed by atoms with E-state index in [0.29, 0.717) is 28.9 Å². The summed E-state index contributed by atoms with van der Waals surface area (Å²) in [6, 6.07) is 16.5. The lowest BCUT2D eigenvalue weighted by Crippen LogP contribution is -2.43. The van der Waals surface area contributed by atoms with Crippen LogP contribution in [0.1, 0.15) is 65.4 Å². The number of carbonyl (C=O) groups excluding carboxylic acids is 3. The van der Waals surface area contributed by atoms with Crippen molar-refractivity contribution in [1.29, 1.82) is 0 Å². The maximum atomic E-state index is 13.7. The van der Waals surface area contributed by atoms with Gasteiger partial charge in [-0.2, -0.15) is 5.10 Å². The van der Waals surface area contributed by atoms with E-state index in [2.05, 4.69) is 72.8 Å². The zero-order valence-electron chi connectivity index (χ0n) is 27.5. The van der Waals surface area contributed by atoms with E-state index >= 15 is 0 Å². The average Bonchev–Trinajstić information content (AvgIpc) is 3.71. The molecule has 2 aromatic carbocycles. The normalized spacial score (nSPS) is 26.3. The average molecular weight is 717 g/mol. The van der Waals surface area contributed by atoms with Crippen LogP contribution in [0.15, 0.2) is 64.0 Å². The highest BCUT2D eigenvalue weighted by molar-refractivity contribution is 9.10. The Morgan fingerprint density at radius 2 is 1.69 bits per heavy atom. The Bertz CT molecular complexity index is 1780. The number of anilines is 2. The summed E-state index contributed by atoms with van der Waals surface area (Å²) in [6.07, 6.45) is 5.55. The van der Waals surface area contributed by atoms with Crippen LogP contribution in [0.3, 0.4) is 0 Å². The standard InChI is InChI=1S/C36H42BrN7O4/c1-41-19-26(17-27(20-41)39-30-18-38-42(2)35(48)32(30)37)23-3-5-25(6-4-23)34(47)44-16-14-36(22-44)13-15-43(21-36)28-9-7-24(8-10-28)29-11-12-31(45)40-33(29)46/h3-10,18,26-27,29,39H,11-17,19-22H2,1-2H3,(H,40,45,46)/t26-,27+,29?,36?/m0/s1. The van der Waals surface area contributed by atoms with Crippen LogP contribution < -0.4 is 21.1 Å². The van der Waals surface area contributed by atoms with Crippen LogP contribution in [0.2, 0.25) is 0 Å². The van der Waals surface area contributed by atoms with E-state index < -0.39 is 0 Å². The number of rotatable bonds is 6. The number of amides is 3. The second kappa shape index (κ2) is 13.1. The minimum absolute atomic E-state index is 0.0834. The molecule has 0 saturated carbocycles. The first kappa shape index (κ1) is 32.5. The number of carbonyl (C=O) groups is 3. The fourth-order valence-electron chi connectivity index (χ4n) is 8.10. The fraction of sp³-hybridized carbons (Fsp3) is 0.472. The van der Waals surface area contributed by atoms with Crippen molar-refractivity contribution in [1.82, 2.24) is 24.9 Å². The Morgan fingerprint density at radius 3 is 2.44 bits per heavy atom. The number of likely N-dealkylation sites (tertiary alicyclic amines) is 2. The monoisotopic (exact) mass is 715 g/mol. The maximum absolute atomic E-state index is 13.7. The van der Waals surface area contributed by atoms with E-state index in [4.69, 9.17) is 0 Å². The molecule has 11 nitrogen and oxygen atoms in total. The van der Waals surface area contributed by atoms with Gasteiger partial charge in [-0.05, 0) is 90.0 Å². The number of piperidine rings is 2. The molecule has 2 N–H and O–H groups in total. The second-order valence-corrected chi connectivity index (χ2v) is 15.0. The molecule has 0 bridgehead atoms. The molecule has 7 rings (SSSR count). The molecular weight excluding hydrogens is 674 g/mol. The zero-order chi connectivity index (χ0) is 33.6. The van der Waals surface area contributed by atoms with Gasteiger partial charge in [-0.15, -0.1) is 0 Å². The number of likely N-dealkylation sites (N-methyl/N-ethyl adjacent to an activating group) is 1. The van der Waals surface area contributed by atoms with E-state index in [-0.39, 0.29) is 40.7 Å². The van der Waals surface area contributed by atoms with Crippen molar-refractivity contribution in [2.45, 2.75) is 50.0 Å². The number of halogens is 1. The summed E-state index contributed by atoms with van der Waals surface area (Å²) in [4.78, 5) is 56.5. The third kappa shape index (κ3) is 6.52. The van der Waals surface area contributed by atoms with Crippen molar-refractivity contribution in [3.05, 3.63) is 86.2 Å². The van der Waals surface area contributed by atoms with Crippen LogP contribution in [0.4, 0.5) is 11.4 Å². The molecule has 12 heteroatoms. The van der Waals surface area contributed by atoms with E-state index in [1.165, 1.54) is 10.2 Å². The molecule has 3 amide bonds. The number of benzene rings is 2. The number of imide groups is 1. The van der Waals surface area contributed by atoms with Gasteiger partial charge in [0.15, 0.2) is 0 Å². The van der Waals surface area contributed by atoms with E-state index in [1.54, 1.807) is 13.2 Å². The Labute approximate surface area is 288 Å². The summed E-state index contributed by atoms with van der Waals surface area (Å²) in [6.45, 7) is 5.14. The van der Waals surface area contributed by atoms with Gasteiger partial charge < -0.3 is 20.0 Å². The van der Waals surface area contributed by atoms with Gasteiger partial charge in [-0.1, -0.05) is 24.3 Å². The lowest BCUT2D eigenvalue weighted by atomic mass is 9.86. The smallest absolute Gasteiger partial charge is 0.282 e. The van der Waals surface area contributed by atoms with Gasteiger partial charge in [0, 0.05) is 75.4 Å². The fourth-order valence-corrected chi connectivity index (χ4v) is 8.58. The van der Waals surface area contributed by atoms with Gasteiger partial charge in [0.2, 0.25) is 11.8 Å². The highest BCUT2D eigenvalue weighted by Gasteiger charge is 2.45. The Balaban J connectivity index is 0.950. The molecule has 5 heterocycles. The maximum Gasteiger partial charge on any atom is 0.282 e. The van der Waals surface area contributed by atoms with Crippen molar-refractivity contribution >= 4 is 45.0 Å². The van der Waals surface area contributed by atoms with Crippen LogP contribution in [-0.4, -0.2) is 89.7 Å². The lowest BCUT2D eigenvalue weighted by molar-refractivity contribution is -0.134. The van der Waals surface area contributed by atoms with Crippen molar-refractivity contribution in [2.24, 2.45) is 12.5 Å². The molecule has 3 aromatic rings. The van der Waals surface area contributed by atoms with Crippen molar-refractivity contribution in [3.8, 4) is 0 Å². The summed E-state index contributed by atoms with van der Waals surface area (Å²) in [5, 5.41) is 10.1. The van der Waals surface area contributed by atoms with Gasteiger partial charge in [-0.25, -0.2) is 4.68 Å². The van der Waals surface area contributed by atoms with Crippen molar-refractivity contribution in [2.75, 3.05) is 56.5 Å². The van der Waals surface area contributed by atoms with E-state index in [9.17, 15) is 19.2 Å². The molecule has 48 heavy (non-hydrogen) atoms. The van der Waals surface area contributed by atoms with Crippen LogP contribution in [0, 0.1) is 5.41 Å². The summed E-state index contributed by atoms with van der Waals surface area (Å²) >= 11 is 3.43. The molecule has 1 aromatic heterocycles. The molecule has 2 unspecified atom stereocenters. The van der Waals surface area contributed by atoms with Crippen LogP contribution >= 0.6 is 15.9 Å². The number of aryl methyl sites for hydroxylation is 1. The van der Waals surface area contributed by atoms with Crippen molar-refractivity contribution in [3.63, 3.8) is 0 Å². The highest BCUT2D eigenvalue weighted by Crippen LogP contribution is 2.42. The Morgan fingerprint density at radius 1 is 0.958 bits per heavy atom. The number of hydrogen-bond donors (Lipinski definition) is 2. The van der Waals surface area contributed by atoms with Crippen LogP contribution in [-0.2, 0) is 16.6 Å². The SMILES string of the molecule is CN1C[C@H](Nc2cnn(C)c(=O)c2Br)C[C@H](c2ccc(C(=O)N3CCC4(CCN(c5ccc(C6CCC(=O)NC6=O)cc5)C4)C3)cc2)C1. The minimum atomic E-state index is -0.277. The first-order valence-electron chi connectivity index (χ1n) is 16.8. The van der Waals surface area contributed by atoms with E-state index in [0.717, 1.165) is 75.3 Å². The highest BCUT2D eigenvalue weighted by atomic mass is 79.9. The topological polar surface area (TPSA) is 120 Å². The molecular formula is C36H42BrN7O4. The largest absolute Gasteiger partial charge is 0.379 e. The zero-order valence-corrected chi connectivity index (χ0v) is 29.0. The predicted octanol–water partition coefficient (Wildman–Crippen LogP) is 3.71. The number of aromatic nitrogens is 2. The third-order valence-electron chi connectivity index (χ3n) is 10.8. The third-order valence-corrected chi connectivity index (χ3v) is 11.5. The van der Waals surface area contributed by atoms with Crippen LogP contribution in [0.25, 0.3) is 0 Å². The predicted molar refractivity (Wildman–Crippen MR) is 187 cm³/mol. The molecule has 252 valence electrons. The molecule has 4 saturated heterocycles. The first-order valence-corrected chi connectivity index (χ1v) is 17.6. The molecule has 4 aliphatic rings. The van der Waals surface area contributed by atoms with Gasteiger partial charge in [-0.3, -0.25) is 24.5 Å².